The number of amides is 2. The highest BCUT2D eigenvalue weighted by Crippen LogP contribution is 2.33. The van der Waals surface area contributed by atoms with Crippen molar-refractivity contribution in [3.63, 3.8) is 0 Å². The standard InChI is InChI=1S/C16H19ClN2O3/c1-4-5-12-13(15(20)22-3)14(18-16(21)19(12)2)10-6-8-11(17)9-7-10/h6-9,14H,4-5H2,1-3H3,(H,18,21)/t14-/m1/s1. The maximum absolute atomic E-state index is 12.3. The van der Waals surface area contributed by atoms with Gasteiger partial charge in [0.25, 0.3) is 0 Å². The summed E-state index contributed by atoms with van der Waals surface area (Å²) in [6.07, 6.45) is 1.44. The molecule has 2 rings (SSSR count). The van der Waals surface area contributed by atoms with Crippen molar-refractivity contribution in [1.82, 2.24) is 10.2 Å². The molecule has 1 atom stereocenters. The number of benzene rings is 1. The molecule has 1 aliphatic rings. The number of methoxy groups -OCH3 is 1. The molecule has 1 heterocycles. The zero-order valence-electron chi connectivity index (χ0n) is 12.9. The summed E-state index contributed by atoms with van der Waals surface area (Å²) in [6, 6.07) is 6.29. The van der Waals surface area contributed by atoms with Gasteiger partial charge in [-0.05, 0) is 24.1 Å². The molecule has 118 valence electrons. The Labute approximate surface area is 134 Å². The predicted octanol–water partition coefficient (Wildman–Crippen LogP) is 3.26. The molecule has 0 radical (unpaired) electrons. The number of carbonyl (C=O) groups is 2. The van der Waals surface area contributed by atoms with Crippen LogP contribution in [0.25, 0.3) is 0 Å². The Morgan fingerprint density at radius 1 is 1.36 bits per heavy atom. The number of hydrogen-bond donors (Lipinski definition) is 1. The number of nitrogens with zero attached hydrogens (tertiary/aromatic N) is 1. The van der Waals surface area contributed by atoms with Gasteiger partial charge in [-0.25, -0.2) is 9.59 Å². The third kappa shape index (κ3) is 3.09. The van der Waals surface area contributed by atoms with E-state index in [1.165, 1.54) is 12.0 Å². The first kappa shape index (κ1) is 16.4. The number of nitrogens with one attached hydrogen (secondary N) is 1. The Bertz CT molecular complexity index is 610. The second kappa shape index (κ2) is 6.83. The monoisotopic (exact) mass is 322 g/mol. The average molecular weight is 323 g/mol. The van der Waals surface area contributed by atoms with Crippen molar-refractivity contribution < 1.29 is 14.3 Å². The second-order valence-electron chi connectivity index (χ2n) is 5.10. The number of esters is 1. The van der Waals surface area contributed by atoms with E-state index in [9.17, 15) is 9.59 Å². The summed E-state index contributed by atoms with van der Waals surface area (Å²) in [5.74, 6) is -0.435. The van der Waals surface area contributed by atoms with E-state index >= 15 is 0 Å². The van der Waals surface area contributed by atoms with E-state index < -0.39 is 12.0 Å². The fourth-order valence-corrected chi connectivity index (χ4v) is 2.68. The molecule has 5 nitrogen and oxygen atoms in total. The molecule has 0 aromatic heterocycles. The molecule has 1 N–H and O–H groups in total. The zero-order valence-corrected chi connectivity index (χ0v) is 13.6. The number of ether oxygens (including phenoxy) is 1. The Kier molecular flexibility index (Phi) is 5.08. The second-order valence-corrected chi connectivity index (χ2v) is 5.53. The normalized spacial score (nSPS) is 18.3. The van der Waals surface area contributed by atoms with Crippen LogP contribution in [-0.2, 0) is 9.53 Å². The number of allylic oxidation sites excluding steroid dienone is 1. The highest BCUT2D eigenvalue weighted by atomic mass is 35.5. The average Bonchev–Trinajstić information content (AvgIpc) is 2.52. The lowest BCUT2D eigenvalue weighted by molar-refractivity contribution is -0.136. The zero-order chi connectivity index (χ0) is 16.3. The van der Waals surface area contributed by atoms with Crippen LogP contribution in [0.5, 0.6) is 0 Å². The van der Waals surface area contributed by atoms with E-state index in [-0.39, 0.29) is 6.03 Å². The van der Waals surface area contributed by atoms with Crippen LogP contribution >= 0.6 is 11.6 Å². The minimum Gasteiger partial charge on any atom is -0.466 e. The summed E-state index contributed by atoms with van der Waals surface area (Å²) in [6.45, 7) is 2.00. The Balaban J connectivity index is 2.56. The molecule has 1 aromatic carbocycles. The summed E-state index contributed by atoms with van der Waals surface area (Å²) in [4.78, 5) is 25.9. The minimum atomic E-state index is -0.532. The van der Waals surface area contributed by atoms with Crippen LogP contribution in [0.4, 0.5) is 4.79 Å². The maximum Gasteiger partial charge on any atom is 0.337 e. The van der Waals surface area contributed by atoms with Crippen molar-refractivity contribution >= 4 is 23.6 Å². The van der Waals surface area contributed by atoms with Gasteiger partial charge in [0.15, 0.2) is 0 Å². The van der Waals surface area contributed by atoms with E-state index in [0.717, 1.165) is 12.0 Å². The third-order valence-electron chi connectivity index (χ3n) is 3.67. The van der Waals surface area contributed by atoms with Gasteiger partial charge in [-0.15, -0.1) is 0 Å². The SMILES string of the molecule is CCCC1=C(C(=O)OC)[C@@H](c2ccc(Cl)cc2)NC(=O)N1C. The molecule has 0 saturated carbocycles. The number of urea groups is 1. The van der Waals surface area contributed by atoms with E-state index in [0.29, 0.717) is 22.7 Å². The van der Waals surface area contributed by atoms with Gasteiger partial charge in [0.1, 0.15) is 0 Å². The molecule has 6 heteroatoms. The third-order valence-corrected chi connectivity index (χ3v) is 3.92. The highest BCUT2D eigenvalue weighted by molar-refractivity contribution is 6.30. The summed E-state index contributed by atoms with van der Waals surface area (Å²) >= 11 is 5.91. The molecule has 0 aliphatic carbocycles. The van der Waals surface area contributed by atoms with E-state index in [4.69, 9.17) is 16.3 Å². The van der Waals surface area contributed by atoms with E-state index in [1.807, 2.05) is 6.92 Å². The maximum atomic E-state index is 12.3. The predicted molar refractivity (Wildman–Crippen MR) is 84.4 cm³/mol. The first-order valence-corrected chi connectivity index (χ1v) is 7.48. The number of hydrogen-bond acceptors (Lipinski definition) is 3. The summed E-state index contributed by atoms with van der Waals surface area (Å²) in [5, 5.41) is 3.44. The summed E-state index contributed by atoms with van der Waals surface area (Å²) in [5.41, 5.74) is 1.95. The lowest BCUT2D eigenvalue weighted by Crippen LogP contribution is -2.46. The molecular weight excluding hydrogens is 304 g/mol. The fourth-order valence-electron chi connectivity index (χ4n) is 2.55. The smallest absolute Gasteiger partial charge is 0.337 e. The largest absolute Gasteiger partial charge is 0.466 e. The van der Waals surface area contributed by atoms with Crippen LogP contribution < -0.4 is 5.32 Å². The lowest BCUT2D eigenvalue weighted by Gasteiger charge is -2.34. The Morgan fingerprint density at radius 2 is 2.00 bits per heavy atom. The van der Waals surface area contributed by atoms with Crippen molar-refractivity contribution in [2.24, 2.45) is 0 Å². The number of halogens is 1. The van der Waals surface area contributed by atoms with Crippen LogP contribution in [0.1, 0.15) is 31.4 Å². The fraction of sp³-hybridized carbons (Fsp3) is 0.375. The van der Waals surface area contributed by atoms with Crippen molar-refractivity contribution in [1.29, 1.82) is 0 Å². The van der Waals surface area contributed by atoms with Gasteiger partial charge >= 0.3 is 12.0 Å². The molecule has 22 heavy (non-hydrogen) atoms. The van der Waals surface area contributed by atoms with Gasteiger partial charge in [0.2, 0.25) is 0 Å². The minimum absolute atomic E-state index is 0.240. The lowest BCUT2D eigenvalue weighted by atomic mass is 9.93. The van der Waals surface area contributed by atoms with Crippen molar-refractivity contribution in [3.05, 3.63) is 46.1 Å². The molecule has 0 saturated heterocycles. The summed E-state index contributed by atoms with van der Waals surface area (Å²) < 4.78 is 4.92. The van der Waals surface area contributed by atoms with Crippen molar-refractivity contribution in [2.75, 3.05) is 14.2 Å². The summed E-state index contributed by atoms with van der Waals surface area (Å²) in [7, 11) is 3.00. The van der Waals surface area contributed by atoms with Crippen LogP contribution in [-0.4, -0.2) is 31.1 Å². The molecule has 0 fully saturated rings. The van der Waals surface area contributed by atoms with Gasteiger partial charge in [0.05, 0.1) is 18.7 Å². The van der Waals surface area contributed by atoms with Gasteiger partial charge in [-0.2, -0.15) is 0 Å². The van der Waals surface area contributed by atoms with Crippen LogP contribution in [0.2, 0.25) is 5.02 Å². The number of rotatable bonds is 4. The first-order chi connectivity index (χ1) is 10.5. The first-order valence-electron chi connectivity index (χ1n) is 7.10. The molecule has 1 aromatic rings. The van der Waals surface area contributed by atoms with E-state index in [1.54, 1.807) is 31.3 Å². The molecule has 2 amide bonds. The molecule has 1 aliphatic heterocycles. The Hall–Kier alpha value is -2.01. The van der Waals surface area contributed by atoms with Gasteiger partial charge in [-0.1, -0.05) is 37.1 Å². The highest BCUT2D eigenvalue weighted by Gasteiger charge is 2.35. The van der Waals surface area contributed by atoms with Gasteiger partial charge < -0.3 is 15.0 Å². The van der Waals surface area contributed by atoms with Crippen LogP contribution in [0.3, 0.4) is 0 Å². The Morgan fingerprint density at radius 3 is 2.55 bits per heavy atom. The quantitative estimate of drug-likeness (QED) is 0.866. The molecular formula is C16H19ClN2O3. The van der Waals surface area contributed by atoms with Crippen LogP contribution in [0.15, 0.2) is 35.5 Å². The molecule has 0 bridgehead atoms. The molecule has 0 unspecified atom stereocenters. The van der Waals surface area contributed by atoms with Crippen molar-refractivity contribution in [3.8, 4) is 0 Å². The van der Waals surface area contributed by atoms with Gasteiger partial charge in [0, 0.05) is 17.8 Å². The van der Waals surface area contributed by atoms with Gasteiger partial charge in [-0.3, -0.25) is 0 Å². The van der Waals surface area contributed by atoms with E-state index in [2.05, 4.69) is 5.32 Å². The number of carbonyl (C=O) groups excluding carboxylic acids is 2. The molecule has 0 spiro atoms. The topological polar surface area (TPSA) is 58.6 Å². The van der Waals surface area contributed by atoms with Crippen molar-refractivity contribution in [2.45, 2.75) is 25.8 Å². The van der Waals surface area contributed by atoms with Crippen LogP contribution in [0, 0.1) is 0 Å².